The Morgan fingerprint density at radius 1 is 1.56 bits per heavy atom. The van der Waals surface area contributed by atoms with Crippen LogP contribution in [0.15, 0.2) is 23.7 Å². The number of thiophene rings is 1. The number of nitrogens with two attached hydrogens (primary N) is 1. The minimum atomic E-state index is -0.241. The third-order valence-corrected chi connectivity index (χ3v) is 4.03. The number of carbonyl (C=O) groups excluding carboxylic acids is 1. The van der Waals surface area contributed by atoms with Crippen LogP contribution in [-0.2, 0) is 6.54 Å². The van der Waals surface area contributed by atoms with Gasteiger partial charge in [0.2, 0.25) is 0 Å². The number of nitrogens with zero attached hydrogens (tertiary/aromatic N) is 2. The van der Waals surface area contributed by atoms with E-state index in [1.165, 1.54) is 24.2 Å². The number of hydrazine groups is 1. The molecule has 5 nitrogen and oxygen atoms in total. The maximum absolute atomic E-state index is 11.6. The van der Waals surface area contributed by atoms with Crippen LogP contribution in [0.3, 0.4) is 0 Å². The molecule has 1 saturated carbocycles. The number of amides is 1. The fourth-order valence-electron chi connectivity index (χ4n) is 1.96. The lowest BCUT2D eigenvalue weighted by Gasteiger charge is -2.03. The van der Waals surface area contributed by atoms with E-state index in [4.69, 9.17) is 5.84 Å². The second kappa shape index (κ2) is 4.55. The lowest BCUT2D eigenvalue weighted by molar-refractivity contribution is 0.0956. The summed E-state index contributed by atoms with van der Waals surface area (Å²) in [5, 5.41) is 6.43. The standard InChI is InChI=1S/C12H14N4OS/c13-14-12(17)11-9(4-6-18-11)7-16-5-3-10(15-16)8-1-2-8/h3-6,8H,1-2,7,13H2,(H,14,17). The van der Waals surface area contributed by atoms with Crippen molar-refractivity contribution >= 4 is 17.2 Å². The van der Waals surface area contributed by atoms with Crippen molar-refractivity contribution in [3.05, 3.63) is 39.8 Å². The third kappa shape index (κ3) is 2.16. The summed E-state index contributed by atoms with van der Waals surface area (Å²) in [5.74, 6) is 5.57. The Balaban J connectivity index is 1.78. The van der Waals surface area contributed by atoms with Crippen LogP contribution in [0.5, 0.6) is 0 Å². The van der Waals surface area contributed by atoms with E-state index in [1.807, 2.05) is 22.3 Å². The average Bonchev–Trinajstić information content (AvgIpc) is 2.96. The summed E-state index contributed by atoms with van der Waals surface area (Å²) < 4.78 is 1.88. The van der Waals surface area contributed by atoms with Crippen molar-refractivity contribution in [2.45, 2.75) is 25.3 Å². The molecule has 0 spiro atoms. The Hall–Kier alpha value is -1.66. The maximum atomic E-state index is 11.6. The molecule has 1 aliphatic carbocycles. The zero-order valence-corrected chi connectivity index (χ0v) is 10.6. The molecular formula is C12H14N4OS. The highest BCUT2D eigenvalue weighted by atomic mass is 32.1. The fraction of sp³-hybridized carbons (Fsp3) is 0.333. The van der Waals surface area contributed by atoms with E-state index in [0.717, 1.165) is 11.3 Å². The summed E-state index contributed by atoms with van der Waals surface area (Å²) in [5.41, 5.74) is 4.28. The summed E-state index contributed by atoms with van der Waals surface area (Å²) in [6.07, 6.45) is 4.46. The number of rotatable bonds is 4. The molecular weight excluding hydrogens is 248 g/mol. The summed E-state index contributed by atoms with van der Waals surface area (Å²) in [7, 11) is 0. The summed E-state index contributed by atoms with van der Waals surface area (Å²) in [6.45, 7) is 0.610. The van der Waals surface area contributed by atoms with Crippen LogP contribution < -0.4 is 11.3 Å². The topological polar surface area (TPSA) is 72.9 Å². The van der Waals surface area contributed by atoms with Gasteiger partial charge < -0.3 is 0 Å². The molecule has 1 fully saturated rings. The van der Waals surface area contributed by atoms with Crippen molar-refractivity contribution < 1.29 is 4.79 Å². The maximum Gasteiger partial charge on any atom is 0.275 e. The van der Waals surface area contributed by atoms with Crippen molar-refractivity contribution in [2.24, 2.45) is 5.84 Å². The van der Waals surface area contributed by atoms with Crippen LogP contribution in [0.25, 0.3) is 0 Å². The lowest BCUT2D eigenvalue weighted by Crippen LogP contribution is -2.30. The van der Waals surface area contributed by atoms with E-state index < -0.39 is 0 Å². The summed E-state index contributed by atoms with van der Waals surface area (Å²) in [6, 6.07) is 4.00. The molecule has 2 aromatic rings. The molecule has 1 aliphatic rings. The van der Waals surface area contributed by atoms with Crippen LogP contribution in [0.4, 0.5) is 0 Å². The highest BCUT2D eigenvalue weighted by Gasteiger charge is 2.25. The number of carbonyl (C=O) groups is 1. The molecule has 0 aromatic carbocycles. The van der Waals surface area contributed by atoms with Crippen LogP contribution in [-0.4, -0.2) is 15.7 Å². The molecule has 2 heterocycles. The Labute approximate surface area is 109 Å². The minimum absolute atomic E-state index is 0.241. The van der Waals surface area contributed by atoms with Gasteiger partial charge in [-0.3, -0.25) is 14.9 Å². The van der Waals surface area contributed by atoms with Crippen LogP contribution in [0.2, 0.25) is 0 Å². The van der Waals surface area contributed by atoms with Gasteiger partial charge in [0.25, 0.3) is 5.91 Å². The van der Waals surface area contributed by atoms with Crippen molar-refractivity contribution in [1.29, 1.82) is 0 Å². The molecule has 0 unspecified atom stereocenters. The van der Waals surface area contributed by atoms with Crippen molar-refractivity contribution in [2.75, 3.05) is 0 Å². The number of nitrogens with one attached hydrogen (secondary N) is 1. The Kier molecular flexibility index (Phi) is 2.89. The summed E-state index contributed by atoms with van der Waals surface area (Å²) >= 11 is 1.39. The molecule has 94 valence electrons. The van der Waals surface area contributed by atoms with Gasteiger partial charge in [-0.15, -0.1) is 11.3 Å². The number of hydrogen-bond donors (Lipinski definition) is 2. The van der Waals surface area contributed by atoms with E-state index >= 15 is 0 Å². The van der Waals surface area contributed by atoms with Crippen LogP contribution in [0.1, 0.15) is 39.7 Å². The van der Waals surface area contributed by atoms with E-state index in [0.29, 0.717) is 17.3 Å². The SMILES string of the molecule is NNC(=O)c1sccc1Cn1ccc(C2CC2)n1. The second-order valence-corrected chi connectivity index (χ2v) is 5.38. The lowest BCUT2D eigenvalue weighted by atomic mass is 10.2. The molecule has 0 radical (unpaired) electrons. The first kappa shape index (κ1) is 11.4. The first-order chi connectivity index (χ1) is 8.78. The van der Waals surface area contributed by atoms with Crippen LogP contribution in [0, 0.1) is 0 Å². The predicted molar refractivity (Wildman–Crippen MR) is 69.3 cm³/mol. The first-order valence-electron chi connectivity index (χ1n) is 5.88. The normalized spacial score (nSPS) is 14.7. The van der Waals surface area contributed by atoms with Gasteiger partial charge in [-0.25, -0.2) is 5.84 Å². The third-order valence-electron chi connectivity index (χ3n) is 3.07. The fourth-order valence-corrected chi connectivity index (χ4v) is 2.78. The summed E-state index contributed by atoms with van der Waals surface area (Å²) in [4.78, 5) is 12.2. The van der Waals surface area contributed by atoms with Gasteiger partial charge >= 0.3 is 0 Å². The molecule has 2 aromatic heterocycles. The highest BCUT2D eigenvalue weighted by molar-refractivity contribution is 7.12. The van der Waals surface area contributed by atoms with Gasteiger partial charge in [0, 0.05) is 12.1 Å². The van der Waals surface area contributed by atoms with Gasteiger partial charge in [-0.2, -0.15) is 5.10 Å². The van der Waals surface area contributed by atoms with Crippen molar-refractivity contribution in [3.63, 3.8) is 0 Å². The molecule has 0 bridgehead atoms. The molecule has 6 heteroatoms. The van der Waals surface area contributed by atoms with Gasteiger partial charge in [0.15, 0.2) is 0 Å². The molecule has 0 aliphatic heterocycles. The molecule has 0 saturated heterocycles. The predicted octanol–water partition coefficient (Wildman–Crippen LogP) is 1.47. The smallest absolute Gasteiger partial charge is 0.275 e. The van der Waals surface area contributed by atoms with Gasteiger partial charge in [0.1, 0.15) is 0 Å². The van der Waals surface area contributed by atoms with E-state index in [1.54, 1.807) is 0 Å². The highest BCUT2D eigenvalue weighted by Crippen LogP contribution is 2.38. The number of hydrogen-bond acceptors (Lipinski definition) is 4. The number of nitrogen functional groups attached to an aromatic ring is 1. The molecule has 3 N–H and O–H groups in total. The first-order valence-corrected chi connectivity index (χ1v) is 6.76. The average molecular weight is 262 g/mol. The Morgan fingerprint density at radius 2 is 2.39 bits per heavy atom. The Bertz CT molecular complexity index is 570. The van der Waals surface area contributed by atoms with Crippen molar-refractivity contribution in [3.8, 4) is 0 Å². The van der Waals surface area contributed by atoms with Crippen LogP contribution >= 0.6 is 11.3 Å². The zero-order chi connectivity index (χ0) is 12.5. The van der Waals surface area contributed by atoms with Gasteiger partial charge in [0.05, 0.1) is 17.1 Å². The molecule has 0 atom stereocenters. The largest absolute Gasteiger partial charge is 0.289 e. The monoisotopic (exact) mass is 262 g/mol. The van der Waals surface area contributed by atoms with Crippen molar-refractivity contribution in [1.82, 2.24) is 15.2 Å². The van der Waals surface area contributed by atoms with Gasteiger partial charge in [-0.05, 0) is 35.9 Å². The Morgan fingerprint density at radius 3 is 3.11 bits per heavy atom. The van der Waals surface area contributed by atoms with E-state index in [9.17, 15) is 4.79 Å². The minimum Gasteiger partial charge on any atom is -0.289 e. The van der Waals surface area contributed by atoms with Gasteiger partial charge in [-0.1, -0.05) is 0 Å². The molecule has 18 heavy (non-hydrogen) atoms. The quantitative estimate of drug-likeness (QED) is 0.498. The second-order valence-electron chi connectivity index (χ2n) is 4.46. The zero-order valence-electron chi connectivity index (χ0n) is 9.80. The number of aromatic nitrogens is 2. The van der Waals surface area contributed by atoms with E-state index in [-0.39, 0.29) is 5.91 Å². The van der Waals surface area contributed by atoms with E-state index in [2.05, 4.69) is 16.6 Å². The molecule has 3 rings (SSSR count). The molecule has 1 amide bonds.